The predicted molar refractivity (Wildman–Crippen MR) is 106 cm³/mol. The van der Waals surface area contributed by atoms with Gasteiger partial charge in [-0.05, 0) is 91.6 Å². The average molecular weight is 341 g/mol. The van der Waals surface area contributed by atoms with Gasteiger partial charge in [0.1, 0.15) is 5.60 Å². The highest BCUT2D eigenvalue weighted by atomic mass is 16.6. The van der Waals surface area contributed by atoms with Crippen LogP contribution in [0.25, 0.3) is 16.5 Å². The van der Waals surface area contributed by atoms with E-state index in [1.165, 1.54) is 16.6 Å². The molecule has 3 nitrogen and oxygen atoms in total. The Balaban J connectivity index is 2.49. The summed E-state index contributed by atoms with van der Waals surface area (Å²) in [6.45, 7) is 18.3. The summed E-state index contributed by atoms with van der Waals surface area (Å²) in [5, 5.41) is 1.20. The summed E-state index contributed by atoms with van der Waals surface area (Å²) >= 11 is 0. The summed E-state index contributed by atoms with van der Waals surface area (Å²) in [6.07, 6.45) is 0. The van der Waals surface area contributed by atoms with Gasteiger partial charge in [-0.1, -0.05) is 6.07 Å². The number of aryl methyl sites for hydroxylation is 1. The Kier molecular flexibility index (Phi) is 4.91. The molecule has 1 aromatic heterocycles. The highest BCUT2D eigenvalue weighted by Crippen LogP contribution is 2.30. The Labute approximate surface area is 151 Å². The van der Waals surface area contributed by atoms with Crippen molar-refractivity contribution in [3.8, 4) is 0 Å². The monoisotopic (exact) mass is 341 g/mol. The highest BCUT2D eigenvalue weighted by Gasteiger charge is 2.21. The lowest BCUT2D eigenvalue weighted by molar-refractivity contribution is -0.149. The van der Waals surface area contributed by atoms with Crippen LogP contribution in [0, 0.1) is 6.92 Å². The first-order valence-electron chi connectivity index (χ1n) is 8.85. The van der Waals surface area contributed by atoms with E-state index in [1.807, 2.05) is 34.6 Å². The minimum Gasteiger partial charge on any atom is -0.457 e. The number of hydrogen-bond donors (Lipinski definition) is 0. The Hall–Kier alpha value is -2.03. The summed E-state index contributed by atoms with van der Waals surface area (Å²) in [6, 6.07) is 8.61. The lowest BCUT2D eigenvalue weighted by Gasteiger charge is -2.25. The van der Waals surface area contributed by atoms with Crippen molar-refractivity contribution in [2.45, 2.75) is 73.5 Å². The van der Waals surface area contributed by atoms with Crippen LogP contribution in [0.15, 0.2) is 29.8 Å². The maximum absolute atomic E-state index is 12.3. The molecule has 0 aliphatic carbocycles. The molecule has 2 rings (SSSR count). The molecular formula is C22H31NO2. The number of rotatable bonds is 2. The molecule has 136 valence electrons. The molecule has 2 aromatic rings. The molecule has 3 heteroatoms. The van der Waals surface area contributed by atoms with Gasteiger partial charge in [0.25, 0.3) is 0 Å². The second-order valence-corrected chi connectivity index (χ2v) is 8.82. The largest absolute Gasteiger partial charge is 0.457 e. The maximum Gasteiger partial charge on any atom is 0.334 e. The molecule has 25 heavy (non-hydrogen) atoms. The Morgan fingerprint density at radius 2 is 1.60 bits per heavy atom. The van der Waals surface area contributed by atoms with Gasteiger partial charge in [-0.2, -0.15) is 0 Å². The number of aromatic nitrogens is 1. The first-order valence-corrected chi connectivity index (χ1v) is 8.85. The molecule has 0 aliphatic rings. The van der Waals surface area contributed by atoms with Gasteiger partial charge in [0.05, 0.1) is 0 Å². The number of ether oxygens (including phenoxy) is 1. The van der Waals surface area contributed by atoms with Crippen LogP contribution >= 0.6 is 0 Å². The number of esters is 1. The normalized spacial score (nSPS) is 13.8. The third kappa shape index (κ3) is 4.15. The van der Waals surface area contributed by atoms with Crippen LogP contribution in [0.1, 0.15) is 66.6 Å². The molecule has 0 saturated heterocycles. The number of nitrogens with zero attached hydrogens (tertiary/aromatic N) is 1. The van der Waals surface area contributed by atoms with Gasteiger partial charge in [0.2, 0.25) is 0 Å². The van der Waals surface area contributed by atoms with E-state index < -0.39 is 5.60 Å². The molecule has 0 N–H and O–H groups in total. The van der Waals surface area contributed by atoms with Crippen molar-refractivity contribution in [3.63, 3.8) is 0 Å². The van der Waals surface area contributed by atoms with Crippen molar-refractivity contribution in [1.82, 2.24) is 4.57 Å². The zero-order chi connectivity index (χ0) is 19.2. The molecule has 1 aromatic carbocycles. The number of benzene rings is 1. The second-order valence-electron chi connectivity index (χ2n) is 8.82. The number of allylic oxidation sites excluding steroid dienone is 1. The second kappa shape index (κ2) is 6.36. The van der Waals surface area contributed by atoms with E-state index in [2.05, 4.69) is 56.5 Å². The summed E-state index contributed by atoms with van der Waals surface area (Å²) in [5.41, 5.74) is 4.68. The fourth-order valence-electron chi connectivity index (χ4n) is 3.20. The minimum atomic E-state index is -0.483. The number of hydrogen-bond acceptors (Lipinski definition) is 2. The molecular weight excluding hydrogens is 310 g/mol. The smallest absolute Gasteiger partial charge is 0.334 e. The summed E-state index contributed by atoms with van der Waals surface area (Å²) in [7, 11) is 0. The van der Waals surface area contributed by atoms with Crippen LogP contribution in [0.2, 0.25) is 0 Å². The van der Waals surface area contributed by atoms with Gasteiger partial charge >= 0.3 is 5.97 Å². The molecule has 0 aliphatic heterocycles. The number of carbonyl (C=O) groups excluding carboxylic acids is 1. The van der Waals surface area contributed by atoms with E-state index in [-0.39, 0.29) is 11.5 Å². The SMILES string of the molecule is CC(C(=O)OC(C)(C)C)=C(C)c1ccc2c(c1)cc(C)n2C(C)(C)C. The maximum atomic E-state index is 12.3. The standard InChI is InChI=1S/C22H31NO2/c1-14-12-18-13-17(10-11-19(18)23(14)21(4,5)6)15(2)16(3)20(24)25-22(7,8)9/h10-13H,1-9H3. The highest BCUT2D eigenvalue weighted by molar-refractivity contribution is 5.98. The lowest BCUT2D eigenvalue weighted by Crippen LogP contribution is -2.24. The summed E-state index contributed by atoms with van der Waals surface area (Å²) in [5.74, 6) is -0.256. The molecule has 0 atom stereocenters. The van der Waals surface area contributed by atoms with Crippen LogP contribution in [0.5, 0.6) is 0 Å². The molecule has 0 bridgehead atoms. The van der Waals surface area contributed by atoms with E-state index in [9.17, 15) is 4.79 Å². The first-order chi connectivity index (χ1) is 11.3. The van der Waals surface area contributed by atoms with Gasteiger partial charge in [-0.3, -0.25) is 0 Å². The van der Waals surface area contributed by atoms with Crippen molar-refractivity contribution >= 4 is 22.4 Å². The number of carbonyl (C=O) groups is 1. The van der Waals surface area contributed by atoms with E-state index in [4.69, 9.17) is 4.74 Å². The summed E-state index contributed by atoms with van der Waals surface area (Å²) in [4.78, 5) is 12.3. The van der Waals surface area contributed by atoms with Gasteiger partial charge in [-0.25, -0.2) is 4.79 Å². The van der Waals surface area contributed by atoms with E-state index in [0.717, 1.165) is 11.1 Å². The minimum absolute atomic E-state index is 0.0324. The topological polar surface area (TPSA) is 31.2 Å². The van der Waals surface area contributed by atoms with E-state index in [1.54, 1.807) is 0 Å². The molecule has 0 amide bonds. The predicted octanol–water partition coefficient (Wildman–Crippen LogP) is 5.84. The first kappa shape index (κ1) is 19.3. The Morgan fingerprint density at radius 1 is 1.00 bits per heavy atom. The van der Waals surface area contributed by atoms with E-state index >= 15 is 0 Å². The molecule has 0 fully saturated rings. The number of fused-ring (bicyclic) bond motifs is 1. The zero-order valence-electron chi connectivity index (χ0n) is 17.1. The van der Waals surface area contributed by atoms with Gasteiger partial charge in [0, 0.05) is 27.7 Å². The lowest BCUT2D eigenvalue weighted by atomic mass is 10.0. The van der Waals surface area contributed by atoms with Gasteiger partial charge in [0.15, 0.2) is 0 Å². The van der Waals surface area contributed by atoms with Crippen LogP contribution < -0.4 is 0 Å². The Bertz CT molecular complexity index is 839. The summed E-state index contributed by atoms with van der Waals surface area (Å²) < 4.78 is 7.85. The van der Waals surface area contributed by atoms with Crippen molar-refractivity contribution in [3.05, 3.63) is 41.1 Å². The zero-order valence-corrected chi connectivity index (χ0v) is 17.1. The molecule has 0 saturated carbocycles. The third-order valence-corrected chi connectivity index (χ3v) is 4.36. The van der Waals surface area contributed by atoms with Crippen LogP contribution in [0.3, 0.4) is 0 Å². The van der Waals surface area contributed by atoms with Crippen molar-refractivity contribution < 1.29 is 9.53 Å². The van der Waals surface area contributed by atoms with Crippen molar-refractivity contribution in [1.29, 1.82) is 0 Å². The van der Waals surface area contributed by atoms with Crippen molar-refractivity contribution in [2.75, 3.05) is 0 Å². The molecule has 0 spiro atoms. The third-order valence-electron chi connectivity index (χ3n) is 4.36. The molecule has 0 unspecified atom stereocenters. The van der Waals surface area contributed by atoms with E-state index in [0.29, 0.717) is 5.57 Å². The van der Waals surface area contributed by atoms with Crippen LogP contribution in [0.4, 0.5) is 0 Å². The van der Waals surface area contributed by atoms with Crippen LogP contribution in [-0.4, -0.2) is 16.1 Å². The quantitative estimate of drug-likeness (QED) is 0.507. The molecule has 1 heterocycles. The fourth-order valence-corrected chi connectivity index (χ4v) is 3.20. The Morgan fingerprint density at radius 3 is 2.12 bits per heavy atom. The van der Waals surface area contributed by atoms with Crippen molar-refractivity contribution in [2.24, 2.45) is 0 Å². The fraction of sp³-hybridized carbons (Fsp3) is 0.500. The van der Waals surface area contributed by atoms with Crippen LogP contribution in [-0.2, 0) is 15.1 Å². The average Bonchev–Trinajstić information content (AvgIpc) is 2.78. The van der Waals surface area contributed by atoms with Gasteiger partial charge < -0.3 is 9.30 Å². The van der Waals surface area contributed by atoms with Gasteiger partial charge in [-0.15, -0.1) is 0 Å². The molecule has 0 radical (unpaired) electrons.